The number of amides is 2. The molecule has 1 unspecified atom stereocenters. The molecule has 0 aliphatic heterocycles. The SMILES string of the molecule is CNC(=O)C(C)N(Cc1ccc(C)cc1)C(=O)CN(c1cc(Cl)ccc1OC)S(=O)(=O)c1ccc(OC)c(OC)c1. The Morgan fingerprint density at radius 3 is 2.10 bits per heavy atom. The van der Waals surface area contributed by atoms with Crippen LogP contribution in [0.5, 0.6) is 17.2 Å². The van der Waals surface area contributed by atoms with Crippen molar-refractivity contribution < 1.29 is 32.2 Å². The third-order valence-electron chi connectivity index (χ3n) is 6.52. The first kappa shape index (κ1) is 31.6. The van der Waals surface area contributed by atoms with E-state index in [0.29, 0.717) is 5.75 Å². The molecule has 2 amide bonds. The number of hydrogen-bond donors (Lipinski definition) is 1. The predicted octanol–water partition coefficient (Wildman–Crippen LogP) is 4.03. The number of ether oxygens (including phenoxy) is 3. The molecule has 1 N–H and O–H groups in total. The number of sulfonamides is 1. The standard InChI is InChI=1S/C29H34ClN3O7S/c1-19-7-9-21(10-8-19)17-32(20(2)29(35)31-3)28(34)18-33(24-15-22(30)11-13-25(24)38-4)41(36,37)23-12-14-26(39-5)27(16-23)40-6/h7-16,20H,17-18H2,1-6H3,(H,31,35). The van der Waals surface area contributed by atoms with Crippen molar-refractivity contribution in [3.63, 3.8) is 0 Å². The molecule has 0 radical (unpaired) electrons. The molecule has 1 atom stereocenters. The van der Waals surface area contributed by atoms with E-state index >= 15 is 0 Å². The third kappa shape index (κ3) is 7.22. The molecule has 0 fully saturated rings. The van der Waals surface area contributed by atoms with Crippen molar-refractivity contribution in [3.8, 4) is 17.2 Å². The average Bonchev–Trinajstić information content (AvgIpc) is 2.98. The van der Waals surface area contributed by atoms with E-state index in [1.54, 1.807) is 13.0 Å². The zero-order valence-electron chi connectivity index (χ0n) is 23.8. The van der Waals surface area contributed by atoms with E-state index in [0.717, 1.165) is 15.4 Å². The summed E-state index contributed by atoms with van der Waals surface area (Å²) < 4.78 is 45.3. The largest absolute Gasteiger partial charge is 0.495 e. The van der Waals surface area contributed by atoms with Crippen LogP contribution in [0.15, 0.2) is 65.6 Å². The van der Waals surface area contributed by atoms with Gasteiger partial charge < -0.3 is 24.4 Å². The number of hydrogen-bond acceptors (Lipinski definition) is 7. The van der Waals surface area contributed by atoms with Crippen LogP contribution in [0.1, 0.15) is 18.1 Å². The summed E-state index contributed by atoms with van der Waals surface area (Å²) in [7, 11) is 1.27. The Kier molecular flexibility index (Phi) is 10.5. The third-order valence-corrected chi connectivity index (χ3v) is 8.51. The molecule has 0 aliphatic carbocycles. The number of nitrogens with zero attached hydrogens (tertiary/aromatic N) is 2. The van der Waals surface area contributed by atoms with E-state index in [2.05, 4.69) is 5.32 Å². The van der Waals surface area contributed by atoms with Crippen LogP contribution in [0.25, 0.3) is 0 Å². The fraction of sp³-hybridized carbons (Fsp3) is 0.310. The van der Waals surface area contributed by atoms with Crippen molar-refractivity contribution in [2.75, 3.05) is 39.2 Å². The van der Waals surface area contributed by atoms with Crippen molar-refractivity contribution in [2.24, 2.45) is 0 Å². The Bertz CT molecular complexity index is 1500. The van der Waals surface area contributed by atoms with E-state index in [1.165, 1.54) is 63.6 Å². The van der Waals surface area contributed by atoms with Crippen LogP contribution in [0.3, 0.4) is 0 Å². The van der Waals surface area contributed by atoms with E-state index < -0.39 is 34.4 Å². The lowest BCUT2D eigenvalue weighted by Gasteiger charge is -2.32. The lowest BCUT2D eigenvalue weighted by atomic mass is 10.1. The van der Waals surface area contributed by atoms with E-state index in [1.807, 2.05) is 31.2 Å². The van der Waals surface area contributed by atoms with Gasteiger partial charge in [0.05, 0.1) is 31.9 Å². The number of methoxy groups -OCH3 is 3. The Morgan fingerprint density at radius 2 is 1.51 bits per heavy atom. The number of carbonyl (C=O) groups is 2. The van der Waals surface area contributed by atoms with Crippen LogP contribution in [-0.2, 0) is 26.2 Å². The topological polar surface area (TPSA) is 114 Å². The van der Waals surface area contributed by atoms with E-state index in [4.69, 9.17) is 25.8 Å². The first-order chi connectivity index (χ1) is 19.5. The Labute approximate surface area is 245 Å². The number of benzene rings is 3. The maximum atomic E-state index is 14.2. The molecule has 0 saturated carbocycles. The summed E-state index contributed by atoms with van der Waals surface area (Å²) in [5.74, 6) is -0.325. The number of rotatable bonds is 12. The van der Waals surface area contributed by atoms with Crippen LogP contribution in [0.2, 0.25) is 5.02 Å². The normalized spacial score (nSPS) is 11.8. The van der Waals surface area contributed by atoms with Crippen molar-refractivity contribution in [2.45, 2.75) is 31.3 Å². The molecule has 3 rings (SSSR count). The molecule has 0 bridgehead atoms. The zero-order valence-corrected chi connectivity index (χ0v) is 25.4. The van der Waals surface area contributed by atoms with Gasteiger partial charge in [0.1, 0.15) is 18.3 Å². The van der Waals surface area contributed by atoms with Crippen LogP contribution in [0, 0.1) is 6.92 Å². The van der Waals surface area contributed by atoms with Crippen molar-refractivity contribution in [1.82, 2.24) is 10.2 Å². The van der Waals surface area contributed by atoms with Gasteiger partial charge in [0.2, 0.25) is 11.8 Å². The monoisotopic (exact) mass is 603 g/mol. The van der Waals surface area contributed by atoms with Crippen LogP contribution in [0.4, 0.5) is 5.69 Å². The van der Waals surface area contributed by atoms with Crippen LogP contribution < -0.4 is 23.8 Å². The Hall–Kier alpha value is -3.96. The van der Waals surface area contributed by atoms with Crippen LogP contribution >= 0.6 is 11.6 Å². The number of halogens is 1. The predicted molar refractivity (Wildman–Crippen MR) is 157 cm³/mol. The van der Waals surface area contributed by atoms with Gasteiger partial charge >= 0.3 is 0 Å². The van der Waals surface area contributed by atoms with Crippen LogP contribution in [-0.4, -0.2) is 66.1 Å². The molecule has 3 aromatic rings. The molecule has 0 aliphatic rings. The van der Waals surface area contributed by atoms with Gasteiger partial charge in [0.25, 0.3) is 10.0 Å². The number of carbonyl (C=O) groups excluding carboxylic acids is 2. The second kappa shape index (κ2) is 13.6. The van der Waals surface area contributed by atoms with E-state index in [9.17, 15) is 18.0 Å². The molecule has 10 nitrogen and oxygen atoms in total. The van der Waals surface area contributed by atoms with Gasteiger partial charge in [-0.25, -0.2) is 8.42 Å². The Balaban J connectivity index is 2.14. The van der Waals surface area contributed by atoms with Gasteiger partial charge in [0, 0.05) is 24.7 Å². The molecule has 41 heavy (non-hydrogen) atoms. The van der Waals surface area contributed by atoms with Crippen molar-refractivity contribution in [1.29, 1.82) is 0 Å². The summed E-state index contributed by atoms with van der Waals surface area (Å²) in [6, 6.07) is 15.2. The maximum absolute atomic E-state index is 14.2. The van der Waals surface area contributed by atoms with Gasteiger partial charge in [0.15, 0.2) is 11.5 Å². The highest BCUT2D eigenvalue weighted by atomic mass is 35.5. The number of likely N-dealkylation sites (N-methyl/N-ethyl adjacent to an activating group) is 1. The van der Waals surface area contributed by atoms with Crippen molar-refractivity contribution in [3.05, 3.63) is 76.8 Å². The minimum absolute atomic E-state index is 0.0472. The van der Waals surface area contributed by atoms with Crippen molar-refractivity contribution >= 4 is 39.1 Å². The number of aryl methyl sites for hydroxylation is 1. The molecule has 3 aromatic carbocycles. The summed E-state index contributed by atoms with van der Waals surface area (Å²) >= 11 is 6.27. The second-order valence-electron chi connectivity index (χ2n) is 9.14. The lowest BCUT2D eigenvalue weighted by Crippen LogP contribution is -2.50. The minimum Gasteiger partial charge on any atom is -0.495 e. The van der Waals surface area contributed by atoms with Gasteiger partial charge in [-0.2, -0.15) is 0 Å². The Morgan fingerprint density at radius 1 is 0.902 bits per heavy atom. The highest BCUT2D eigenvalue weighted by molar-refractivity contribution is 7.92. The average molecular weight is 604 g/mol. The first-order valence-corrected chi connectivity index (χ1v) is 14.4. The van der Waals surface area contributed by atoms with Gasteiger partial charge in [-0.1, -0.05) is 41.4 Å². The number of anilines is 1. The summed E-state index contributed by atoms with van der Waals surface area (Å²) in [6.45, 7) is 2.94. The number of nitrogens with one attached hydrogen (secondary N) is 1. The van der Waals surface area contributed by atoms with Gasteiger partial charge in [-0.05, 0) is 49.7 Å². The summed E-state index contributed by atoms with van der Waals surface area (Å²) in [5.41, 5.74) is 1.85. The van der Waals surface area contributed by atoms with Gasteiger partial charge in [-0.3, -0.25) is 13.9 Å². The highest BCUT2D eigenvalue weighted by Gasteiger charge is 2.34. The van der Waals surface area contributed by atoms with Gasteiger partial charge in [-0.15, -0.1) is 0 Å². The lowest BCUT2D eigenvalue weighted by molar-refractivity contribution is -0.139. The summed E-state index contributed by atoms with van der Waals surface area (Å²) in [5, 5.41) is 2.79. The zero-order chi connectivity index (χ0) is 30.3. The molecule has 0 heterocycles. The second-order valence-corrected chi connectivity index (χ2v) is 11.4. The molecular formula is C29H34ClN3O7S. The van der Waals surface area contributed by atoms with E-state index in [-0.39, 0.29) is 33.6 Å². The summed E-state index contributed by atoms with van der Waals surface area (Å²) in [6.07, 6.45) is 0. The minimum atomic E-state index is -4.41. The molecular weight excluding hydrogens is 570 g/mol. The fourth-order valence-electron chi connectivity index (χ4n) is 4.16. The molecule has 0 aromatic heterocycles. The quantitative estimate of drug-likeness (QED) is 0.332. The summed E-state index contributed by atoms with van der Waals surface area (Å²) in [4.78, 5) is 27.8. The first-order valence-electron chi connectivity index (χ1n) is 12.6. The molecule has 12 heteroatoms. The smallest absolute Gasteiger partial charge is 0.265 e. The fourth-order valence-corrected chi connectivity index (χ4v) is 5.76. The molecule has 0 spiro atoms. The maximum Gasteiger partial charge on any atom is 0.265 e. The highest BCUT2D eigenvalue weighted by Crippen LogP contribution is 2.37. The molecule has 0 saturated heterocycles. The molecule has 220 valence electrons.